The first-order valence-corrected chi connectivity index (χ1v) is 9.56. The van der Waals surface area contributed by atoms with Crippen molar-refractivity contribution in [1.29, 1.82) is 0 Å². The van der Waals surface area contributed by atoms with Crippen LogP contribution in [0.25, 0.3) is 0 Å². The van der Waals surface area contributed by atoms with Gasteiger partial charge in [-0.2, -0.15) is 5.10 Å². The fraction of sp³-hybridized carbons (Fsp3) is 0.238. The van der Waals surface area contributed by atoms with E-state index in [1.807, 2.05) is 31.2 Å². The molecule has 2 aromatic heterocycles. The first kappa shape index (κ1) is 20.5. The number of aromatic nitrogens is 3. The fourth-order valence-corrected chi connectivity index (χ4v) is 3.17. The highest BCUT2D eigenvalue weighted by Crippen LogP contribution is 2.19. The van der Waals surface area contributed by atoms with Gasteiger partial charge in [0.25, 0.3) is 0 Å². The Bertz CT molecular complexity index is 973. The van der Waals surface area contributed by atoms with Gasteiger partial charge in [-0.15, -0.1) is 0 Å². The van der Waals surface area contributed by atoms with E-state index in [0.29, 0.717) is 29.5 Å². The summed E-state index contributed by atoms with van der Waals surface area (Å²) in [4.78, 5) is 30.3. The number of nitrogens with zero attached hydrogens (tertiary/aromatic N) is 4. The van der Waals surface area contributed by atoms with Gasteiger partial charge in [0.05, 0.1) is 12.7 Å². The maximum absolute atomic E-state index is 12.9. The predicted octanol–water partition coefficient (Wildman–Crippen LogP) is 3.28. The van der Waals surface area contributed by atoms with Gasteiger partial charge in [0.2, 0.25) is 5.91 Å². The van der Waals surface area contributed by atoms with Gasteiger partial charge in [-0.05, 0) is 42.7 Å². The standard InChI is InChI=1S/C21H21ClN4O3/c1-2-26(17-6-4-3-5-7-17)20(27)18(21(28)29)10-16-12-24-25(14-16)13-15-8-9-19(22)23-11-15/h3-9,11-12,14,18H,2,10,13H2,1H3,(H,28,29). The molecule has 0 spiro atoms. The molecule has 1 N–H and O–H groups in total. The molecule has 8 heteroatoms. The van der Waals surface area contributed by atoms with E-state index in [9.17, 15) is 14.7 Å². The van der Waals surface area contributed by atoms with Crippen molar-refractivity contribution in [1.82, 2.24) is 14.8 Å². The number of carbonyl (C=O) groups is 2. The zero-order chi connectivity index (χ0) is 20.8. The summed E-state index contributed by atoms with van der Waals surface area (Å²) in [5.74, 6) is -2.79. The molecule has 1 atom stereocenters. The van der Waals surface area contributed by atoms with Gasteiger partial charge in [-0.1, -0.05) is 35.9 Å². The topological polar surface area (TPSA) is 88.3 Å². The lowest BCUT2D eigenvalue weighted by Gasteiger charge is -2.24. The average molecular weight is 413 g/mol. The van der Waals surface area contributed by atoms with Crippen molar-refractivity contribution in [3.05, 3.63) is 77.3 Å². The van der Waals surface area contributed by atoms with E-state index in [-0.39, 0.29) is 6.42 Å². The Morgan fingerprint density at radius 3 is 2.52 bits per heavy atom. The second-order valence-corrected chi connectivity index (χ2v) is 6.94. The van der Waals surface area contributed by atoms with Crippen LogP contribution in [0.5, 0.6) is 0 Å². The van der Waals surface area contributed by atoms with Crippen molar-refractivity contribution in [3.8, 4) is 0 Å². The lowest BCUT2D eigenvalue weighted by atomic mass is 9.99. The number of benzene rings is 1. The molecule has 29 heavy (non-hydrogen) atoms. The minimum atomic E-state index is -1.19. The third-order valence-electron chi connectivity index (χ3n) is 4.51. The van der Waals surface area contributed by atoms with Gasteiger partial charge in [0, 0.05) is 24.6 Å². The monoisotopic (exact) mass is 412 g/mol. The molecule has 0 aliphatic carbocycles. The van der Waals surface area contributed by atoms with E-state index in [0.717, 1.165) is 5.56 Å². The maximum Gasteiger partial charge on any atom is 0.316 e. The Labute approximate surface area is 173 Å². The van der Waals surface area contributed by atoms with Crippen LogP contribution in [-0.2, 0) is 22.6 Å². The molecule has 0 saturated heterocycles. The third-order valence-corrected chi connectivity index (χ3v) is 4.73. The molecule has 1 amide bonds. The zero-order valence-electron chi connectivity index (χ0n) is 15.9. The lowest BCUT2D eigenvalue weighted by Crippen LogP contribution is -2.40. The van der Waals surface area contributed by atoms with E-state index < -0.39 is 17.8 Å². The van der Waals surface area contributed by atoms with Crippen LogP contribution < -0.4 is 4.90 Å². The number of carboxylic acid groups (broad SMARTS) is 1. The molecule has 7 nitrogen and oxygen atoms in total. The molecule has 0 saturated carbocycles. The van der Waals surface area contributed by atoms with E-state index >= 15 is 0 Å². The maximum atomic E-state index is 12.9. The summed E-state index contributed by atoms with van der Waals surface area (Å²) in [6, 6.07) is 12.6. The molecule has 0 aliphatic rings. The van der Waals surface area contributed by atoms with Crippen molar-refractivity contribution in [2.24, 2.45) is 5.92 Å². The number of aliphatic carboxylic acids is 1. The summed E-state index contributed by atoms with van der Waals surface area (Å²) in [6.07, 6.45) is 5.06. The first-order chi connectivity index (χ1) is 14.0. The molecule has 0 bridgehead atoms. The van der Waals surface area contributed by atoms with Crippen molar-refractivity contribution in [3.63, 3.8) is 0 Å². The lowest BCUT2D eigenvalue weighted by molar-refractivity contribution is -0.146. The summed E-state index contributed by atoms with van der Waals surface area (Å²) in [7, 11) is 0. The van der Waals surface area contributed by atoms with E-state index in [1.54, 1.807) is 41.5 Å². The van der Waals surface area contributed by atoms with E-state index in [2.05, 4.69) is 10.1 Å². The minimum Gasteiger partial charge on any atom is -0.481 e. The zero-order valence-corrected chi connectivity index (χ0v) is 16.7. The number of carbonyl (C=O) groups excluding carboxylic acids is 1. The second kappa shape index (κ2) is 9.34. The number of carboxylic acids is 1. The smallest absolute Gasteiger partial charge is 0.316 e. The molecular weight excluding hydrogens is 392 g/mol. The van der Waals surface area contributed by atoms with Gasteiger partial charge >= 0.3 is 5.97 Å². The predicted molar refractivity (Wildman–Crippen MR) is 110 cm³/mol. The van der Waals surface area contributed by atoms with Gasteiger partial charge in [-0.3, -0.25) is 14.3 Å². The molecule has 0 radical (unpaired) electrons. The highest BCUT2D eigenvalue weighted by atomic mass is 35.5. The largest absolute Gasteiger partial charge is 0.481 e. The first-order valence-electron chi connectivity index (χ1n) is 9.19. The van der Waals surface area contributed by atoms with Crippen molar-refractivity contribution < 1.29 is 14.7 Å². The summed E-state index contributed by atoms with van der Waals surface area (Å²) in [6.45, 7) is 2.68. The Hall–Kier alpha value is -3.19. The number of halogens is 1. The highest BCUT2D eigenvalue weighted by molar-refractivity contribution is 6.29. The van der Waals surface area contributed by atoms with Gasteiger partial charge < -0.3 is 10.0 Å². The quantitative estimate of drug-likeness (QED) is 0.453. The van der Waals surface area contributed by atoms with Crippen LogP contribution in [0.3, 0.4) is 0 Å². The van der Waals surface area contributed by atoms with Crippen LogP contribution in [0.2, 0.25) is 5.15 Å². The Balaban J connectivity index is 1.73. The number of pyridine rings is 1. The number of rotatable bonds is 8. The fourth-order valence-electron chi connectivity index (χ4n) is 3.06. The molecule has 1 unspecified atom stereocenters. The number of amides is 1. The SMILES string of the molecule is CCN(C(=O)C(Cc1cnn(Cc2ccc(Cl)nc2)c1)C(=O)O)c1ccccc1. The summed E-state index contributed by atoms with van der Waals surface area (Å²) in [5, 5.41) is 14.3. The molecule has 0 fully saturated rings. The van der Waals surface area contributed by atoms with Crippen LogP contribution in [-0.4, -0.2) is 38.3 Å². The van der Waals surface area contributed by atoms with E-state index in [4.69, 9.17) is 11.6 Å². The van der Waals surface area contributed by atoms with Crippen LogP contribution in [0.15, 0.2) is 61.1 Å². The summed E-state index contributed by atoms with van der Waals surface area (Å²) in [5.41, 5.74) is 2.27. The van der Waals surface area contributed by atoms with E-state index in [1.165, 1.54) is 4.90 Å². The number of hydrogen-bond acceptors (Lipinski definition) is 4. The Morgan fingerprint density at radius 2 is 1.90 bits per heavy atom. The molecule has 3 aromatic rings. The molecule has 3 rings (SSSR count). The molecule has 150 valence electrons. The number of para-hydroxylation sites is 1. The number of anilines is 1. The summed E-state index contributed by atoms with van der Waals surface area (Å²) >= 11 is 5.79. The normalized spacial score (nSPS) is 11.8. The minimum absolute atomic E-state index is 0.0658. The summed E-state index contributed by atoms with van der Waals surface area (Å²) < 4.78 is 1.68. The van der Waals surface area contributed by atoms with Crippen LogP contribution in [0.4, 0.5) is 5.69 Å². The molecular formula is C21H21ClN4O3. The van der Waals surface area contributed by atoms with Gasteiger partial charge in [0.1, 0.15) is 11.1 Å². The van der Waals surface area contributed by atoms with Crippen molar-refractivity contribution in [2.45, 2.75) is 19.9 Å². The second-order valence-electron chi connectivity index (χ2n) is 6.55. The van der Waals surface area contributed by atoms with Gasteiger partial charge in [0.15, 0.2) is 0 Å². The van der Waals surface area contributed by atoms with Crippen LogP contribution >= 0.6 is 11.6 Å². The van der Waals surface area contributed by atoms with Crippen LogP contribution in [0, 0.1) is 5.92 Å². The van der Waals surface area contributed by atoms with Crippen LogP contribution in [0.1, 0.15) is 18.1 Å². The molecule has 0 aliphatic heterocycles. The Kier molecular flexibility index (Phi) is 6.61. The third kappa shape index (κ3) is 5.20. The highest BCUT2D eigenvalue weighted by Gasteiger charge is 2.31. The Morgan fingerprint density at radius 1 is 1.14 bits per heavy atom. The number of hydrogen-bond donors (Lipinski definition) is 1. The van der Waals surface area contributed by atoms with Crippen molar-refractivity contribution in [2.75, 3.05) is 11.4 Å². The van der Waals surface area contributed by atoms with Gasteiger partial charge in [-0.25, -0.2) is 4.98 Å². The molecule has 2 heterocycles. The average Bonchev–Trinajstić information content (AvgIpc) is 3.16. The van der Waals surface area contributed by atoms with Crippen molar-refractivity contribution >= 4 is 29.2 Å². The molecule has 1 aromatic carbocycles.